The lowest BCUT2D eigenvalue weighted by molar-refractivity contribution is -0.128. The Hall–Kier alpha value is -2.79. The van der Waals surface area contributed by atoms with E-state index in [0.717, 1.165) is 11.4 Å². The average molecular weight is 428 g/mol. The summed E-state index contributed by atoms with van der Waals surface area (Å²) in [5, 5.41) is 7.92. The number of aromatic amines is 1. The van der Waals surface area contributed by atoms with E-state index in [4.69, 9.17) is 11.6 Å². The Balaban J connectivity index is 1.52. The fourth-order valence-corrected chi connectivity index (χ4v) is 3.65. The molecule has 0 aliphatic carbocycles. The smallest absolute Gasteiger partial charge is 0.363 e. The fraction of sp³-hybridized carbons (Fsp3) is 0.353. The van der Waals surface area contributed by atoms with Gasteiger partial charge in [-0.2, -0.15) is 18.3 Å². The highest BCUT2D eigenvalue weighted by Crippen LogP contribution is 2.30. The molecule has 2 aliphatic rings. The van der Waals surface area contributed by atoms with Gasteiger partial charge in [-0.15, -0.1) is 5.53 Å². The van der Waals surface area contributed by atoms with Crippen molar-refractivity contribution in [2.75, 3.05) is 18.0 Å². The Labute approximate surface area is 168 Å². The van der Waals surface area contributed by atoms with Gasteiger partial charge in [0.1, 0.15) is 5.02 Å². The molecule has 2 aromatic rings. The zero-order valence-corrected chi connectivity index (χ0v) is 15.8. The number of H-pyrrole nitrogens is 1. The van der Waals surface area contributed by atoms with Gasteiger partial charge in [-0.25, -0.2) is 5.10 Å². The molecule has 0 amide bonds. The molecule has 0 saturated heterocycles. The standard InChI is InChI=1S/C17H17ClF3N7O/c18-15-14(7-23-25-16(15)29)27-5-3-13-12(9-27)24-26-28(13)8-10-2-1-4-22-11(10)6-17(19,20)21/h1-2,4,7,24,26H,3,5-6,8-9H2,(H,25,29). The van der Waals surface area contributed by atoms with Crippen LogP contribution in [0.5, 0.6) is 0 Å². The number of aromatic nitrogens is 3. The Morgan fingerprint density at radius 1 is 1.31 bits per heavy atom. The maximum absolute atomic E-state index is 12.8. The molecule has 0 atom stereocenters. The van der Waals surface area contributed by atoms with E-state index in [1.54, 1.807) is 17.1 Å². The minimum absolute atomic E-state index is 0.00894. The van der Waals surface area contributed by atoms with Crippen molar-refractivity contribution in [1.29, 1.82) is 0 Å². The van der Waals surface area contributed by atoms with Gasteiger partial charge in [0.15, 0.2) is 0 Å². The van der Waals surface area contributed by atoms with Gasteiger partial charge in [0, 0.05) is 19.2 Å². The molecule has 12 heteroatoms. The van der Waals surface area contributed by atoms with E-state index in [1.165, 1.54) is 12.4 Å². The summed E-state index contributed by atoms with van der Waals surface area (Å²) < 4.78 is 38.5. The molecular formula is C17H17ClF3N7O. The molecule has 2 aliphatic heterocycles. The van der Waals surface area contributed by atoms with Gasteiger partial charge in [0.25, 0.3) is 5.56 Å². The van der Waals surface area contributed by atoms with Gasteiger partial charge in [0.2, 0.25) is 0 Å². The lowest BCUT2D eigenvalue weighted by Crippen LogP contribution is -2.38. The van der Waals surface area contributed by atoms with Crippen LogP contribution in [0, 0.1) is 0 Å². The molecule has 0 bridgehead atoms. The lowest BCUT2D eigenvalue weighted by Gasteiger charge is -2.31. The molecule has 8 nitrogen and oxygen atoms in total. The number of hydrazine groups is 2. The van der Waals surface area contributed by atoms with E-state index in [1.807, 2.05) is 4.90 Å². The molecule has 2 aromatic heterocycles. The van der Waals surface area contributed by atoms with Crippen molar-refractivity contribution in [3.05, 3.63) is 62.6 Å². The largest absolute Gasteiger partial charge is 0.394 e. The monoisotopic (exact) mass is 427 g/mol. The van der Waals surface area contributed by atoms with E-state index in [9.17, 15) is 18.0 Å². The summed E-state index contributed by atoms with van der Waals surface area (Å²) in [4.78, 5) is 17.5. The summed E-state index contributed by atoms with van der Waals surface area (Å²) in [7, 11) is 0. The average Bonchev–Trinajstić information content (AvgIpc) is 3.06. The first-order chi connectivity index (χ1) is 13.8. The van der Waals surface area contributed by atoms with Crippen LogP contribution in [0.2, 0.25) is 5.02 Å². The van der Waals surface area contributed by atoms with E-state index in [-0.39, 0.29) is 17.3 Å². The Bertz CT molecular complexity index is 1010. The summed E-state index contributed by atoms with van der Waals surface area (Å²) in [6.07, 6.45) is -1.93. The van der Waals surface area contributed by atoms with Crippen LogP contribution >= 0.6 is 11.6 Å². The molecule has 0 saturated carbocycles. The molecule has 0 aromatic carbocycles. The number of nitrogens with zero attached hydrogens (tertiary/aromatic N) is 4. The second-order valence-electron chi connectivity index (χ2n) is 6.72. The molecule has 0 fully saturated rings. The summed E-state index contributed by atoms with van der Waals surface area (Å²) in [6.45, 7) is 1.26. The van der Waals surface area contributed by atoms with Crippen molar-refractivity contribution in [2.45, 2.75) is 25.6 Å². The van der Waals surface area contributed by atoms with Crippen molar-refractivity contribution in [1.82, 2.24) is 31.2 Å². The van der Waals surface area contributed by atoms with Gasteiger partial charge in [-0.1, -0.05) is 17.7 Å². The van der Waals surface area contributed by atoms with E-state index < -0.39 is 18.2 Å². The number of alkyl halides is 3. The van der Waals surface area contributed by atoms with Gasteiger partial charge >= 0.3 is 6.18 Å². The van der Waals surface area contributed by atoms with Gasteiger partial charge in [-0.3, -0.25) is 14.8 Å². The van der Waals surface area contributed by atoms with Crippen molar-refractivity contribution in [3.63, 3.8) is 0 Å². The fourth-order valence-electron chi connectivity index (χ4n) is 3.43. The summed E-state index contributed by atoms with van der Waals surface area (Å²) in [5.74, 6) is 0. The molecule has 4 rings (SSSR count). The van der Waals surface area contributed by atoms with E-state index in [0.29, 0.717) is 30.8 Å². The summed E-state index contributed by atoms with van der Waals surface area (Å²) in [6, 6.07) is 3.27. The second kappa shape index (κ2) is 7.56. The minimum Gasteiger partial charge on any atom is -0.363 e. The molecule has 29 heavy (non-hydrogen) atoms. The van der Waals surface area contributed by atoms with E-state index >= 15 is 0 Å². The van der Waals surface area contributed by atoms with Crippen molar-refractivity contribution in [3.8, 4) is 0 Å². The molecular weight excluding hydrogens is 411 g/mol. The van der Waals surface area contributed by atoms with Gasteiger partial charge in [0.05, 0.1) is 48.5 Å². The third-order valence-electron chi connectivity index (χ3n) is 4.78. The normalized spacial score (nSPS) is 16.8. The van der Waals surface area contributed by atoms with Crippen molar-refractivity contribution >= 4 is 17.3 Å². The first kappa shape index (κ1) is 19.5. The Morgan fingerprint density at radius 2 is 2.14 bits per heavy atom. The highest BCUT2D eigenvalue weighted by molar-refractivity contribution is 6.33. The number of anilines is 1. The lowest BCUT2D eigenvalue weighted by atomic mass is 10.1. The van der Waals surface area contributed by atoms with Gasteiger partial charge in [-0.05, 0) is 11.6 Å². The van der Waals surface area contributed by atoms with Crippen LogP contribution in [0.4, 0.5) is 18.9 Å². The van der Waals surface area contributed by atoms with Crippen LogP contribution in [0.3, 0.4) is 0 Å². The van der Waals surface area contributed by atoms with Crippen molar-refractivity contribution in [2.24, 2.45) is 0 Å². The van der Waals surface area contributed by atoms with Crippen LogP contribution < -0.4 is 21.4 Å². The van der Waals surface area contributed by atoms with Crippen LogP contribution in [0.1, 0.15) is 17.7 Å². The molecule has 4 heterocycles. The van der Waals surface area contributed by atoms with Crippen LogP contribution in [-0.4, -0.2) is 39.5 Å². The summed E-state index contributed by atoms with van der Waals surface area (Å²) in [5.41, 5.74) is 8.42. The van der Waals surface area contributed by atoms with Crippen molar-refractivity contribution < 1.29 is 13.2 Å². The van der Waals surface area contributed by atoms with Crippen LogP contribution in [0.25, 0.3) is 0 Å². The number of halogens is 4. The molecule has 0 radical (unpaired) electrons. The Kier molecular flexibility index (Phi) is 5.09. The summed E-state index contributed by atoms with van der Waals surface area (Å²) >= 11 is 6.09. The highest BCUT2D eigenvalue weighted by atomic mass is 35.5. The topological polar surface area (TPSA) is 89.2 Å². The zero-order valence-electron chi connectivity index (χ0n) is 15.1. The highest BCUT2D eigenvalue weighted by Gasteiger charge is 2.32. The van der Waals surface area contributed by atoms with E-state index in [2.05, 4.69) is 26.1 Å². The van der Waals surface area contributed by atoms with Crippen LogP contribution in [0.15, 0.2) is 40.7 Å². The quantitative estimate of drug-likeness (QED) is 0.686. The molecule has 0 spiro atoms. The predicted molar refractivity (Wildman–Crippen MR) is 99.5 cm³/mol. The minimum atomic E-state index is -4.32. The maximum atomic E-state index is 12.8. The van der Waals surface area contributed by atoms with Crippen LogP contribution in [-0.2, 0) is 13.0 Å². The number of pyridine rings is 1. The second-order valence-corrected chi connectivity index (χ2v) is 7.10. The number of hydrogen-bond acceptors (Lipinski definition) is 7. The number of hydrogen-bond donors (Lipinski definition) is 3. The first-order valence-corrected chi connectivity index (χ1v) is 9.18. The Morgan fingerprint density at radius 3 is 2.93 bits per heavy atom. The SMILES string of the molecule is O=c1[nH]ncc(N2CCC3=C(C2)NNN3Cc2cccnc2CC(F)(F)F)c1Cl. The molecule has 154 valence electrons. The first-order valence-electron chi connectivity index (χ1n) is 8.80. The number of nitrogens with one attached hydrogen (secondary N) is 3. The zero-order chi connectivity index (χ0) is 20.6. The molecule has 0 unspecified atom stereocenters. The number of rotatable bonds is 4. The maximum Gasteiger partial charge on any atom is 0.394 e. The molecule has 3 N–H and O–H groups in total. The van der Waals surface area contributed by atoms with Gasteiger partial charge < -0.3 is 10.3 Å². The third-order valence-corrected chi connectivity index (χ3v) is 5.15. The predicted octanol–water partition coefficient (Wildman–Crippen LogP) is 1.87. The third kappa shape index (κ3) is 4.15.